The maximum absolute atomic E-state index is 13.3. The quantitative estimate of drug-likeness (QED) is 0.341. The summed E-state index contributed by atoms with van der Waals surface area (Å²) in [4.78, 5) is 4.14. The topological polar surface area (TPSA) is 65.9 Å². The van der Waals surface area contributed by atoms with Gasteiger partial charge in [0.25, 0.3) is 0 Å². The minimum absolute atomic E-state index is 0. The number of halogens is 2. The second-order valence-corrected chi connectivity index (χ2v) is 5.79. The first kappa shape index (κ1) is 22.0. The predicted octanol–water partition coefficient (Wildman–Crippen LogP) is 3.59. The van der Waals surface area contributed by atoms with E-state index in [4.69, 9.17) is 4.74 Å². The van der Waals surface area contributed by atoms with Crippen LogP contribution in [0.2, 0.25) is 0 Å². The first-order chi connectivity index (χ1) is 12.0. The van der Waals surface area contributed by atoms with E-state index in [1.165, 1.54) is 12.1 Å². The number of aromatic hydroxyl groups is 1. The molecule has 0 saturated carbocycles. The number of rotatable bonds is 6. The minimum atomic E-state index is -0.637. The summed E-state index contributed by atoms with van der Waals surface area (Å²) < 4.78 is 19.2. The van der Waals surface area contributed by atoms with Crippen molar-refractivity contribution in [1.82, 2.24) is 10.6 Å². The summed E-state index contributed by atoms with van der Waals surface area (Å²) in [6.45, 7) is 4.94. The van der Waals surface area contributed by atoms with Crippen molar-refractivity contribution in [2.75, 3.05) is 13.6 Å². The first-order valence-corrected chi connectivity index (χ1v) is 8.13. The number of hydrogen-bond donors (Lipinski definition) is 3. The molecule has 0 aliphatic rings. The summed E-state index contributed by atoms with van der Waals surface area (Å²) in [5, 5.41) is 15.5. The Morgan fingerprint density at radius 3 is 2.62 bits per heavy atom. The monoisotopic (exact) mass is 473 g/mol. The van der Waals surface area contributed by atoms with E-state index >= 15 is 0 Å². The van der Waals surface area contributed by atoms with Crippen LogP contribution in [-0.4, -0.2) is 30.8 Å². The molecule has 2 aromatic rings. The Kier molecular flexibility index (Phi) is 9.18. The van der Waals surface area contributed by atoms with Crippen LogP contribution in [0.15, 0.2) is 47.5 Å². The van der Waals surface area contributed by atoms with Crippen LogP contribution in [0.1, 0.15) is 18.1 Å². The third-order valence-corrected chi connectivity index (χ3v) is 3.67. The maximum Gasteiger partial charge on any atom is 0.191 e. The summed E-state index contributed by atoms with van der Waals surface area (Å²) in [6, 6.07) is 12.1. The van der Waals surface area contributed by atoms with E-state index in [0.717, 1.165) is 11.3 Å². The molecule has 142 valence electrons. The van der Waals surface area contributed by atoms with Gasteiger partial charge in [-0.1, -0.05) is 24.3 Å². The molecule has 0 saturated heterocycles. The van der Waals surface area contributed by atoms with Gasteiger partial charge in [-0.15, -0.1) is 24.0 Å². The van der Waals surface area contributed by atoms with Gasteiger partial charge >= 0.3 is 0 Å². The number of guanidine groups is 1. The van der Waals surface area contributed by atoms with Crippen LogP contribution in [-0.2, 0) is 6.54 Å². The molecule has 3 N–H and O–H groups in total. The van der Waals surface area contributed by atoms with Gasteiger partial charge in [-0.3, -0.25) is 4.99 Å². The molecule has 2 rings (SSSR count). The zero-order valence-corrected chi connectivity index (χ0v) is 17.5. The average molecular weight is 473 g/mol. The fourth-order valence-electron chi connectivity index (χ4n) is 2.25. The zero-order valence-electron chi connectivity index (χ0n) is 15.1. The smallest absolute Gasteiger partial charge is 0.191 e. The average Bonchev–Trinajstić information content (AvgIpc) is 2.60. The molecule has 0 fully saturated rings. The van der Waals surface area contributed by atoms with Crippen LogP contribution in [0.4, 0.5) is 4.39 Å². The number of hydrogen-bond acceptors (Lipinski definition) is 3. The lowest BCUT2D eigenvalue weighted by molar-refractivity contribution is 0.222. The highest BCUT2D eigenvalue weighted by atomic mass is 127. The van der Waals surface area contributed by atoms with Gasteiger partial charge in [0.1, 0.15) is 11.9 Å². The molecule has 5 nitrogen and oxygen atoms in total. The fourth-order valence-corrected chi connectivity index (χ4v) is 2.25. The van der Waals surface area contributed by atoms with E-state index in [1.54, 1.807) is 13.1 Å². The van der Waals surface area contributed by atoms with Gasteiger partial charge in [0.15, 0.2) is 17.5 Å². The molecule has 0 spiro atoms. The van der Waals surface area contributed by atoms with Crippen LogP contribution in [0.5, 0.6) is 11.5 Å². The van der Waals surface area contributed by atoms with Gasteiger partial charge in [-0.2, -0.15) is 0 Å². The van der Waals surface area contributed by atoms with Crippen molar-refractivity contribution in [2.45, 2.75) is 26.5 Å². The van der Waals surface area contributed by atoms with E-state index in [-0.39, 0.29) is 35.8 Å². The number of phenolic OH excluding ortho intramolecular Hbond substituents is 1. The predicted molar refractivity (Wildman–Crippen MR) is 113 cm³/mol. The Morgan fingerprint density at radius 1 is 1.23 bits per heavy atom. The maximum atomic E-state index is 13.3. The van der Waals surface area contributed by atoms with E-state index < -0.39 is 5.82 Å². The second-order valence-electron chi connectivity index (χ2n) is 5.79. The Balaban J connectivity index is 0.00000338. The molecular weight excluding hydrogens is 448 g/mol. The number of benzene rings is 2. The molecule has 0 aliphatic carbocycles. The molecule has 0 amide bonds. The number of phenols is 1. The number of para-hydroxylation sites is 1. The van der Waals surface area contributed by atoms with Crippen molar-refractivity contribution >= 4 is 29.9 Å². The van der Waals surface area contributed by atoms with E-state index in [0.29, 0.717) is 24.6 Å². The molecule has 1 atom stereocenters. The highest BCUT2D eigenvalue weighted by Crippen LogP contribution is 2.17. The van der Waals surface area contributed by atoms with E-state index in [1.807, 2.05) is 38.1 Å². The molecule has 2 aromatic carbocycles. The van der Waals surface area contributed by atoms with Gasteiger partial charge < -0.3 is 20.5 Å². The van der Waals surface area contributed by atoms with Crippen LogP contribution in [0.3, 0.4) is 0 Å². The Bertz CT molecular complexity index is 740. The molecule has 0 aromatic heterocycles. The fraction of sp³-hybridized carbons (Fsp3) is 0.316. The van der Waals surface area contributed by atoms with Crippen molar-refractivity contribution in [3.8, 4) is 11.5 Å². The molecule has 26 heavy (non-hydrogen) atoms. The van der Waals surface area contributed by atoms with Crippen LogP contribution in [0, 0.1) is 12.7 Å². The van der Waals surface area contributed by atoms with E-state index in [9.17, 15) is 9.50 Å². The molecular formula is C19H25FIN3O2. The first-order valence-electron chi connectivity index (χ1n) is 8.13. The van der Waals surface area contributed by atoms with Gasteiger partial charge in [0.2, 0.25) is 0 Å². The summed E-state index contributed by atoms with van der Waals surface area (Å²) in [5.74, 6) is 0.462. The largest absolute Gasteiger partial charge is 0.505 e. The number of nitrogens with one attached hydrogen (secondary N) is 2. The number of ether oxygens (including phenoxy) is 1. The summed E-state index contributed by atoms with van der Waals surface area (Å²) >= 11 is 0. The number of aryl methyl sites for hydroxylation is 1. The Labute approximate surface area is 170 Å². The van der Waals surface area contributed by atoms with Gasteiger partial charge in [0.05, 0.1) is 6.54 Å². The highest BCUT2D eigenvalue weighted by Gasteiger charge is 2.08. The van der Waals surface area contributed by atoms with Crippen molar-refractivity contribution in [3.63, 3.8) is 0 Å². The van der Waals surface area contributed by atoms with Crippen LogP contribution < -0.4 is 15.4 Å². The number of aliphatic imine (C=N–C) groups is 1. The molecule has 1 unspecified atom stereocenters. The number of nitrogens with zero attached hydrogens (tertiary/aromatic N) is 1. The minimum Gasteiger partial charge on any atom is -0.505 e. The van der Waals surface area contributed by atoms with Crippen molar-refractivity contribution in [3.05, 3.63) is 59.4 Å². The molecule has 7 heteroatoms. The van der Waals surface area contributed by atoms with Crippen molar-refractivity contribution in [2.24, 2.45) is 4.99 Å². The van der Waals surface area contributed by atoms with Gasteiger partial charge in [-0.05, 0) is 43.2 Å². The lowest BCUT2D eigenvalue weighted by atomic mass is 10.2. The van der Waals surface area contributed by atoms with Crippen LogP contribution in [0.25, 0.3) is 0 Å². The third kappa shape index (κ3) is 6.70. The van der Waals surface area contributed by atoms with Crippen LogP contribution >= 0.6 is 24.0 Å². The van der Waals surface area contributed by atoms with Gasteiger partial charge in [0, 0.05) is 13.6 Å². The van der Waals surface area contributed by atoms with Gasteiger partial charge in [-0.25, -0.2) is 4.39 Å². The molecule has 0 radical (unpaired) electrons. The summed E-state index contributed by atoms with van der Waals surface area (Å²) in [7, 11) is 1.67. The Morgan fingerprint density at radius 2 is 1.96 bits per heavy atom. The van der Waals surface area contributed by atoms with Crippen molar-refractivity contribution in [1.29, 1.82) is 0 Å². The zero-order chi connectivity index (χ0) is 18.2. The lowest BCUT2D eigenvalue weighted by Gasteiger charge is -2.18. The summed E-state index contributed by atoms with van der Waals surface area (Å²) in [6.07, 6.45) is -0.0502. The summed E-state index contributed by atoms with van der Waals surface area (Å²) in [5.41, 5.74) is 1.80. The Hall–Kier alpha value is -2.03. The van der Waals surface area contributed by atoms with Crippen molar-refractivity contribution < 1.29 is 14.2 Å². The molecule has 0 bridgehead atoms. The SMILES string of the molecule is CN=C(NCc1ccc(O)c(F)c1)NCC(C)Oc1ccccc1C.I. The molecule has 0 aliphatic heterocycles. The highest BCUT2D eigenvalue weighted by molar-refractivity contribution is 14.0. The standard InChI is InChI=1S/C19H24FN3O2.HI/c1-13-6-4-5-7-18(13)25-14(2)11-22-19(21-3)23-12-15-8-9-17(24)16(20)10-15;/h4-10,14,24H,11-12H2,1-3H3,(H2,21,22,23);1H. The lowest BCUT2D eigenvalue weighted by Crippen LogP contribution is -2.41. The van der Waals surface area contributed by atoms with E-state index in [2.05, 4.69) is 15.6 Å². The third-order valence-electron chi connectivity index (χ3n) is 3.67. The normalized spacial score (nSPS) is 12.1. The molecule has 0 heterocycles. The second kappa shape index (κ2) is 10.8.